The lowest BCUT2D eigenvalue weighted by Crippen LogP contribution is -2.34. The number of benzene rings is 1. The van der Waals surface area contributed by atoms with Crippen LogP contribution in [-0.2, 0) is 6.54 Å². The van der Waals surface area contributed by atoms with E-state index in [2.05, 4.69) is 24.2 Å². The first-order chi connectivity index (χ1) is 8.07. The predicted octanol–water partition coefficient (Wildman–Crippen LogP) is 2.68. The molecule has 1 fully saturated rings. The van der Waals surface area contributed by atoms with Crippen LogP contribution in [0.4, 0.5) is 4.39 Å². The molecule has 0 bridgehead atoms. The van der Waals surface area contributed by atoms with Crippen LogP contribution in [0, 0.1) is 11.2 Å². The van der Waals surface area contributed by atoms with Crippen molar-refractivity contribution in [3.05, 3.63) is 35.6 Å². The van der Waals surface area contributed by atoms with Gasteiger partial charge in [-0.15, -0.1) is 12.4 Å². The quantitative estimate of drug-likeness (QED) is 0.907. The highest BCUT2D eigenvalue weighted by Crippen LogP contribution is 2.25. The van der Waals surface area contributed by atoms with E-state index in [0.717, 1.165) is 26.2 Å². The summed E-state index contributed by atoms with van der Waals surface area (Å²) in [5.41, 5.74) is 1.55. The SMILES string of the molecule is CN(Cc1ccc(F)cc1)CC1(C)CCNC1.Cl. The number of rotatable bonds is 4. The molecule has 0 spiro atoms. The standard InChI is InChI=1S/C14H21FN2.ClH/c1-14(7-8-16-10-14)11-17(2)9-12-3-5-13(15)6-4-12;/h3-6,16H,7-11H2,1-2H3;1H. The van der Waals surface area contributed by atoms with E-state index >= 15 is 0 Å². The Hall–Kier alpha value is -0.640. The van der Waals surface area contributed by atoms with Crippen LogP contribution in [0.5, 0.6) is 0 Å². The maximum absolute atomic E-state index is 12.8. The Morgan fingerprint density at radius 1 is 1.33 bits per heavy atom. The van der Waals surface area contributed by atoms with Crippen LogP contribution in [0.2, 0.25) is 0 Å². The van der Waals surface area contributed by atoms with E-state index in [1.807, 2.05) is 12.1 Å². The van der Waals surface area contributed by atoms with Gasteiger partial charge in [-0.05, 0) is 43.1 Å². The maximum atomic E-state index is 12.8. The molecule has 1 aromatic carbocycles. The third-order valence-electron chi connectivity index (χ3n) is 3.47. The molecule has 0 aliphatic carbocycles. The summed E-state index contributed by atoms with van der Waals surface area (Å²) < 4.78 is 12.8. The van der Waals surface area contributed by atoms with E-state index < -0.39 is 0 Å². The van der Waals surface area contributed by atoms with Gasteiger partial charge in [-0.1, -0.05) is 19.1 Å². The second-order valence-electron chi connectivity index (χ2n) is 5.54. The normalized spacial score (nSPS) is 23.1. The summed E-state index contributed by atoms with van der Waals surface area (Å²) in [4.78, 5) is 2.32. The number of nitrogens with zero attached hydrogens (tertiary/aromatic N) is 1. The predicted molar refractivity (Wildman–Crippen MR) is 75.6 cm³/mol. The molecule has 102 valence electrons. The van der Waals surface area contributed by atoms with Crippen molar-refractivity contribution in [3.8, 4) is 0 Å². The van der Waals surface area contributed by atoms with Gasteiger partial charge in [-0.2, -0.15) is 0 Å². The summed E-state index contributed by atoms with van der Waals surface area (Å²) in [6.45, 7) is 6.52. The highest BCUT2D eigenvalue weighted by Gasteiger charge is 2.29. The third kappa shape index (κ3) is 4.23. The number of hydrogen-bond donors (Lipinski definition) is 1. The minimum absolute atomic E-state index is 0. The minimum atomic E-state index is -0.164. The van der Waals surface area contributed by atoms with Crippen molar-refractivity contribution in [1.29, 1.82) is 0 Å². The van der Waals surface area contributed by atoms with Crippen molar-refractivity contribution in [2.45, 2.75) is 19.9 Å². The fourth-order valence-electron chi connectivity index (χ4n) is 2.61. The number of nitrogens with one attached hydrogen (secondary N) is 1. The summed E-state index contributed by atoms with van der Waals surface area (Å²) >= 11 is 0. The largest absolute Gasteiger partial charge is 0.316 e. The van der Waals surface area contributed by atoms with Gasteiger partial charge in [0.1, 0.15) is 5.82 Å². The molecule has 2 nitrogen and oxygen atoms in total. The van der Waals surface area contributed by atoms with Crippen molar-refractivity contribution >= 4 is 12.4 Å². The lowest BCUT2D eigenvalue weighted by Gasteiger charge is -2.29. The van der Waals surface area contributed by atoms with E-state index in [9.17, 15) is 4.39 Å². The Morgan fingerprint density at radius 2 is 2.00 bits per heavy atom. The maximum Gasteiger partial charge on any atom is 0.123 e. The second kappa shape index (κ2) is 6.50. The first-order valence-electron chi connectivity index (χ1n) is 6.21. The van der Waals surface area contributed by atoms with Gasteiger partial charge in [0.15, 0.2) is 0 Å². The van der Waals surface area contributed by atoms with Crippen LogP contribution in [0.1, 0.15) is 18.9 Å². The van der Waals surface area contributed by atoms with E-state index in [0.29, 0.717) is 5.41 Å². The van der Waals surface area contributed by atoms with Gasteiger partial charge >= 0.3 is 0 Å². The van der Waals surface area contributed by atoms with Gasteiger partial charge < -0.3 is 10.2 Å². The molecule has 1 atom stereocenters. The number of hydrogen-bond acceptors (Lipinski definition) is 2. The van der Waals surface area contributed by atoms with Crippen molar-refractivity contribution < 1.29 is 4.39 Å². The van der Waals surface area contributed by atoms with Crippen LogP contribution in [-0.4, -0.2) is 31.6 Å². The van der Waals surface area contributed by atoms with E-state index in [-0.39, 0.29) is 18.2 Å². The molecule has 2 rings (SSSR count). The van der Waals surface area contributed by atoms with Gasteiger partial charge in [0.25, 0.3) is 0 Å². The molecule has 1 aliphatic heterocycles. The van der Waals surface area contributed by atoms with Crippen molar-refractivity contribution in [3.63, 3.8) is 0 Å². The summed E-state index contributed by atoms with van der Waals surface area (Å²) in [6.07, 6.45) is 1.24. The summed E-state index contributed by atoms with van der Waals surface area (Å²) in [6, 6.07) is 6.78. The second-order valence-corrected chi connectivity index (χ2v) is 5.54. The molecule has 1 aromatic rings. The Morgan fingerprint density at radius 3 is 2.56 bits per heavy atom. The number of halogens is 2. The van der Waals surface area contributed by atoms with Gasteiger partial charge in [0, 0.05) is 19.6 Å². The van der Waals surface area contributed by atoms with Gasteiger partial charge in [-0.25, -0.2) is 4.39 Å². The van der Waals surface area contributed by atoms with E-state index in [1.165, 1.54) is 24.1 Å². The molecular formula is C14H22ClFN2. The molecule has 1 aliphatic rings. The zero-order valence-electron chi connectivity index (χ0n) is 11.1. The molecule has 0 saturated carbocycles. The molecule has 18 heavy (non-hydrogen) atoms. The van der Waals surface area contributed by atoms with E-state index in [4.69, 9.17) is 0 Å². The average Bonchev–Trinajstić information content (AvgIpc) is 2.68. The molecule has 4 heteroatoms. The Kier molecular flexibility index (Phi) is 5.57. The molecule has 0 aromatic heterocycles. The molecule has 1 unspecified atom stereocenters. The fourth-order valence-corrected chi connectivity index (χ4v) is 2.61. The Labute approximate surface area is 115 Å². The summed E-state index contributed by atoms with van der Waals surface area (Å²) in [5, 5.41) is 3.41. The van der Waals surface area contributed by atoms with Crippen LogP contribution in [0.25, 0.3) is 0 Å². The van der Waals surface area contributed by atoms with Crippen LogP contribution >= 0.6 is 12.4 Å². The smallest absolute Gasteiger partial charge is 0.123 e. The first kappa shape index (κ1) is 15.4. The fraction of sp³-hybridized carbons (Fsp3) is 0.571. The van der Waals surface area contributed by atoms with Crippen molar-refractivity contribution in [2.75, 3.05) is 26.7 Å². The molecule has 1 heterocycles. The summed E-state index contributed by atoms with van der Waals surface area (Å²) in [7, 11) is 2.13. The third-order valence-corrected chi connectivity index (χ3v) is 3.47. The van der Waals surface area contributed by atoms with Crippen molar-refractivity contribution in [2.24, 2.45) is 5.41 Å². The van der Waals surface area contributed by atoms with Crippen LogP contribution in [0.3, 0.4) is 0 Å². The zero-order valence-corrected chi connectivity index (χ0v) is 11.9. The molecule has 1 saturated heterocycles. The van der Waals surface area contributed by atoms with Gasteiger partial charge in [0.05, 0.1) is 0 Å². The lowest BCUT2D eigenvalue weighted by molar-refractivity contribution is 0.203. The molecule has 1 N–H and O–H groups in total. The monoisotopic (exact) mass is 272 g/mol. The Balaban J connectivity index is 0.00000162. The summed E-state index contributed by atoms with van der Waals surface area (Å²) in [5.74, 6) is -0.164. The molecule has 0 radical (unpaired) electrons. The minimum Gasteiger partial charge on any atom is -0.316 e. The van der Waals surface area contributed by atoms with Gasteiger partial charge in [-0.3, -0.25) is 0 Å². The van der Waals surface area contributed by atoms with Crippen LogP contribution < -0.4 is 5.32 Å². The highest BCUT2D eigenvalue weighted by atomic mass is 35.5. The molecule has 0 amide bonds. The van der Waals surface area contributed by atoms with Gasteiger partial charge in [0.2, 0.25) is 0 Å². The average molecular weight is 273 g/mol. The van der Waals surface area contributed by atoms with Crippen LogP contribution in [0.15, 0.2) is 24.3 Å². The Bertz CT molecular complexity index is 361. The molecular weight excluding hydrogens is 251 g/mol. The lowest BCUT2D eigenvalue weighted by atomic mass is 9.89. The van der Waals surface area contributed by atoms with E-state index in [1.54, 1.807) is 0 Å². The topological polar surface area (TPSA) is 15.3 Å². The van der Waals surface area contributed by atoms with Crippen molar-refractivity contribution in [1.82, 2.24) is 10.2 Å². The first-order valence-corrected chi connectivity index (χ1v) is 6.21. The zero-order chi connectivity index (χ0) is 12.3. The highest BCUT2D eigenvalue weighted by molar-refractivity contribution is 5.85.